The van der Waals surface area contributed by atoms with E-state index in [9.17, 15) is 29.1 Å². The Morgan fingerprint density at radius 3 is 2.02 bits per heavy atom. The van der Waals surface area contributed by atoms with Crippen molar-refractivity contribution in [3.05, 3.63) is 90.0 Å². The SMILES string of the molecule is CN(CC(=O)N[C@@H](Cc1cnc[nH]1)C(=O)N[C@@H](CCCCN)C(=O)O)C(=O)[C@H](Cc1ccccc1)NC(=O)[C@@H](N)Cc1ccccc1. The summed E-state index contributed by atoms with van der Waals surface area (Å²) in [5.74, 6) is -3.63. The average molecular weight is 649 g/mol. The Morgan fingerprint density at radius 2 is 1.45 bits per heavy atom. The topological polar surface area (TPSA) is 226 Å². The molecule has 0 bridgehead atoms. The van der Waals surface area contributed by atoms with Crippen molar-refractivity contribution in [2.75, 3.05) is 20.1 Å². The predicted molar refractivity (Wildman–Crippen MR) is 175 cm³/mol. The minimum absolute atomic E-state index is 0.00361. The second kappa shape index (κ2) is 18.8. The summed E-state index contributed by atoms with van der Waals surface area (Å²) in [6, 6.07) is 14.1. The van der Waals surface area contributed by atoms with Crippen LogP contribution < -0.4 is 27.4 Å². The molecule has 0 spiro atoms. The van der Waals surface area contributed by atoms with Crippen molar-refractivity contribution in [2.24, 2.45) is 11.5 Å². The van der Waals surface area contributed by atoms with E-state index in [2.05, 4.69) is 25.9 Å². The number of carbonyl (C=O) groups excluding carboxylic acids is 4. The third-order valence-electron chi connectivity index (χ3n) is 7.48. The zero-order chi connectivity index (χ0) is 34.2. The average Bonchev–Trinajstić information content (AvgIpc) is 3.57. The molecule has 2 aromatic carbocycles. The monoisotopic (exact) mass is 648 g/mol. The maximum absolute atomic E-state index is 13.6. The molecule has 9 N–H and O–H groups in total. The zero-order valence-electron chi connectivity index (χ0n) is 26.4. The number of rotatable bonds is 19. The number of hydrogen-bond acceptors (Lipinski definition) is 8. The summed E-state index contributed by atoms with van der Waals surface area (Å²) in [6.45, 7) is -0.0525. The fraction of sp³-hybridized carbons (Fsp3) is 0.394. The highest BCUT2D eigenvalue weighted by Crippen LogP contribution is 2.09. The first-order chi connectivity index (χ1) is 22.6. The molecule has 3 aromatic rings. The molecule has 252 valence electrons. The minimum atomic E-state index is -1.21. The first kappa shape index (κ1) is 36.4. The molecule has 0 saturated carbocycles. The molecule has 4 amide bonds. The lowest BCUT2D eigenvalue weighted by Crippen LogP contribution is -2.56. The van der Waals surface area contributed by atoms with E-state index in [1.54, 1.807) is 0 Å². The third kappa shape index (κ3) is 12.3. The number of H-pyrrole nitrogens is 1. The number of aromatic nitrogens is 2. The van der Waals surface area contributed by atoms with Gasteiger partial charge in [0.25, 0.3) is 0 Å². The van der Waals surface area contributed by atoms with Crippen LogP contribution in [0.1, 0.15) is 36.1 Å². The first-order valence-electron chi connectivity index (χ1n) is 15.5. The Labute approximate surface area is 273 Å². The number of imidazole rings is 1. The number of carboxylic acid groups (broad SMARTS) is 1. The van der Waals surface area contributed by atoms with E-state index in [-0.39, 0.29) is 25.7 Å². The molecule has 1 aromatic heterocycles. The summed E-state index contributed by atoms with van der Waals surface area (Å²) in [5, 5.41) is 17.5. The van der Waals surface area contributed by atoms with Crippen LogP contribution in [0.25, 0.3) is 0 Å². The van der Waals surface area contributed by atoms with E-state index in [1.807, 2.05) is 60.7 Å². The van der Waals surface area contributed by atoms with Crippen LogP contribution in [-0.2, 0) is 43.2 Å². The molecular formula is C33H44N8O6. The van der Waals surface area contributed by atoms with Crippen LogP contribution in [0.15, 0.2) is 73.2 Å². The number of hydrogen-bond donors (Lipinski definition) is 7. The number of carbonyl (C=O) groups is 5. The van der Waals surface area contributed by atoms with E-state index in [0.29, 0.717) is 25.1 Å². The van der Waals surface area contributed by atoms with Gasteiger partial charge in [0.15, 0.2) is 0 Å². The quantitative estimate of drug-likeness (QED) is 0.0860. The van der Waals surface area contributed by atoms with Gasteiger partial charge in [-0.15, -0.1) is 0 Å². The lowest BCUT2D eigenvalue weighted by Gasteiger charge is -2.26. The van der Waals surface area contributed by atoms with Crippen molar-refractivity contribution in [3.63, 3.8) is 0 Å². The van der Waals surface area contributed by atoms with Gasteiger partial charge in [-0.3, -0.25) is 19.2 Å². The summed E-state index contributed by atoms with van der Waals surface area (Å²) in [5.41, 5.74) is 13.9. The van der Waals surface area contributed by atoms with Gasteiger partial charge < -0.3 is 42.4 Å². The highest BCUT2D eigenvalue weighted by molar-refractivity contribution is 5.94. The van der Waals surface area contributed by atoms with E-state index in [1.165, 1.54) is 19.6 Å². The number of nitrogens with two attached hydrogens (primary N) is 2. The Morgan fingerprint density at radius 1 is 0.830 bits per heavy atom. The number of unbranched alkanes of at least 4 members (excludes halogenated alkanes) is 1. The molecule has 4 atom stereocenters. The van der Waals surface area contributed by atoms with E-state index in [4.69, 9.17) is 11.5 Å². The first-order valence-corrected chi connectivity index (χ1v) is 15.5. The molecule has 0 aliphatic heterocycles. The van der Waals surface area contributed by atoms with Crippen molar-refractivity contribution in [3.8, 4) is 0 Å². The molecule has 0 aliphatic carbocycles. The number of nitrogens with zero attached hydrogens (tertiary/aromatic N) is 2. The molecule has 47 heavy (non-hydrogen) atoms. The van der Waals surface area contributed by atoms with Gasteiger partial charge in [-0.2, -0.15) is 0 Å². The van der Waals surface area contributed by atoms with Crippen LogP contribution in [0, 0.1) is 0 Å². The van der Waals surface area contributed by atoms with Gasteiger partial charge in [0.1, 0.15) is 18.1 Å². The number of benzene rings is 2. The van der Waals surface area contributed by atoms with Crippen LogP contribution in [-0.4, -0.2) is 93.9 Å². The van der Waals surface area contributed by atoms with Crippen LogP contribution in [0.3, 0.4) is 0 Å². The predicted octanol–water partition coefficient (Wildman–Crippen LogP) is -0.109. The van der Waals surface area contributed by atoms with Gasteiger partial charge in [0, 0.05) is 31.8 Å². The Hall–Kier alpha value is -5.08. The number of nitrogens with one attached hydrogen (secondary N) is 4. The maximum atomic E-state index is 13.6. The van der Waals surface area contributed by atoms with Crippen molar-refractivity contribution in [1.29, 1.82) is 0 Å². The molecule has 0 saturated heterocycles. The van der Waals surface area contributed by atoms with E-state index < -0.39 is 60.3 Å². The Balaban J connectivity index is 1.69. The van der Waals surface area contributed by atoms with E-state index in [0.717, 1.165) is 16.0 Å². The second-order valence-electron chi connectivity index (χ2n) is 11.3. The van der Waals surface area contributed by atoms with Gasteiger partial charge in [0.05, 0.1) is 18.9 Å². The zero-order valence-corrected chi connectivity index (χ0v) is 26.4. The van der Waals surface area contributed by atoms with E-state index >= 15 is 0 Å². The summed E-state index contributed by atoms with van der Waals surface area (Å²) in [4.78, 5) is 72.9. The number of aromatic amines is 1. The van der Waals surface area contributed by atoms with Crippen molar-refractivity contribution in [2.45, 2.75) is 62.7 Å². The molecule has 0 fully saturated rings. The highest BCUT2D eigenvalue weighted by atomic mass is 16.4. The molecule has 14 nitrogen and oxygen atoms in total. The van der Waals surface area contributed by atoms with Gasteiger partial charge >= 0.3 is 5.97 Å². The molecule has 0 aliphatic rings. The second-order valence-corrected chi connectivity index (χ2v) is 11.3. The Kier molecular flexibility index (Phi) is 14.5. The van der Waals surface area contributed by atoms with Crippen molar-refractivity contribution < 1.29 is 29.1 Å². The number of likely N-dealkylation sites (N-methyl/N-ethyl adjacent to an activating group) is 1. The van der Waals surface area contributed by atoms with Crippen LogP contribution >= 0.6 is 0 Å². The summed E-state index contributed by atoms with van der Waals surface area (Å²) < 4.78 is 0. The van der Waals surface area contributed by atoms with Gasteiger partial charge in [-0.05, 0) is 43.4 Å². The number of aliphatic carboxylic acids is 1. The van der Waals surface area contributed by atoms with Gasteiger partial charge in [-0.1, -0.05) is 60.7 Å². The normalized spacial score (nSPS) is 13.4. The molecule has 3 rings (SSSR count). The molecular weight excluding hydrogens is 604 g/mol. The standard InChI is InChI=1S/C33H44N8O6/c1-41(20-29(42)38-27(18-24-19-36-21-37-24)31(44)39-26(33(46)47)14-8-9-15-34)32(45)28(17-23-12-6-3-7-13-23)40-30(43)25(35)16-22-10-4-2-5-11-22/h2-7,10-13,19,21,25-28H,8-9,14-18,20,34-35H2,1H3,(H,36,37)(H,38,42)(H,39,44)(H,40,43)(H,46,47)/t25-,26-,27-,28-/m0/s1. The summed E-state index contributed by atoms with van der Waals surface area (Å²) >= 11 is 0. The highest BCUT2D eigenvalue weighted by Gasteiger charge is 2.30. The number of amides is 4. The lowest BCUT2D eigenvalue weighted by molar-refractivity contribution is -0.142. The third-order valence-corrected chi connectivity index (χ3v) is 7.48. The minimum Gasteiger partial charge on any atom is -0.480 e. The fourth-order valence-corrected chi connectivity index (χ4v) is 4.94. The lowest BCUT2D eigenvalue weighted by atomic mass is 10.0. The molecule has 1 heterocycles. The number of carboxylic acids is 1. The fourth-order valence-electron chi connectivity index (χ4n) is 4.94. The largest absolute Gasteiger partial charge is 0.480 e. The molecule has 0 unspecified atom stereocenters. The van der Waals surface area contributed by atoms with Gasteiger partial charge in [0.2, 0.25) is 23.6 Å². The summed E-state index contributed by atoms with van der Waals surface area (Å²) in [6.07, 6.45) is 4.58. The maximum Gasteiger partial charge on any atom is 0.326 e. The smallest absolute Gasteiger partial charge is 0.326 e. The van der Waals surface area contributed by atoms with Crippen LogP contribution in [0.2, 0.25) is 0 Å². The van der Waals surface area contributed by atoms with Crippen LogP contribution in [0.4, 0.5) is 0 Å². The molecule has 14 heteroatoms. The van der Waals surface area contributed by atoms with Crippen molar-refractivity contribution in [1.82, 2.24) is 30.8 Å². The molecule has 0 radical (unpaired) electrons. The van der Waals surface area contributed by atoms with Crippen LogP contribution in [0.5, 0.6) is 0 Å². The van der Waals surface area contributed by atoms with Crippen molar-refractivity contribution >= 4 is 29.6 Å². The van der Waals surface area contributed by atoms with Gasteiger partial charge in [-0.25, -0.2) is 9.78 Å². The Bertz CT molecular complexity index is 1440. The summed E-state index contributed by atoms with van der Waals surface area (Å²) in [7, 11) is 1.41.